The molecule has 3 aromatic carbocycles. The highest BCUT2D eigenvalue weighted by atomic mass is 19.1. The van der Waals surface area contributed by atoms with Crippen molar-refractivity contribution in [2.45, 2.75) is 25.7 Å². The van der Waals surface area contributed by atoms with Gasteiger partial charge in [-0.3, -0.25) is 4.79 Å². The van der Waals surface area contributed by atoms with Gasteiger partial charge in [0.1, 0.15) is 11.6 Å². The maximum absolute atomic E-state index is 14.6. The van der Waals surface area contributed by atoms with Gasteiger partial charge in [-0.1, -0.05) is 61.5 Å². The predicted molar refractivity (Wildman–Crippen MR) is 108 cm³/mol. The number of hydrogen-bond donors (Lipinski definition) is 1. The molecule has 3 rings (SSSR count). The van der Waals surface area contributed by atoms with E-state index >= 15 is 0 Å². The number of benzene rings is 3. The smallest absolute Gasteiger partial charge is 0.183 e. The summed E-state index contributed by atoms with van der Waals surface area (Å²) in [5, 5.41) is 8.07. The second kappa shape index (κ2) is 8.70. The average Bonchev–Trinajstić information content (AvgIpc) is 2.71. The molecule has 0 aromatic heterocycles. The third-order valence-corrected chi connectivity index (χ3v) is 4.82. The molecule has 0 heterocycles. The van der Waals surface area contributed by atoms with Crippen molar-refractivity contribution in [1.29, 1.82) is 5.41 Å². The Kier molecular flexibility index (Phi) is 6.09. The first kappa shape index (κ1) is 19.6. The highest BCUT2D eigenvalue weighted by molar-refractivity contribution is 6.40. The van der Waals surface area contributed by atoms with Gasteiger partial charge in [0.15, 0.2) is 5.78 Å². The van der Waals surface area contributed by atoms with Gasteiger partial charge in [0.2, 0.25) is 0 Å². The fraction of sp³-hybridized carbons (Fsp3) is 0.167. The van der Waals surface area contributed by atoms with Crippen LogP contribution in [0.3, 0.4) is 0 Å². The highest BCUT2D eigenvalue weighted by Crippen LogP contribution is 2.27. The summed E-state index contributed by atoms with van der Waals surface area (Å²) in [6, 6.07) is 20.1. The Bertz CT molecular complexity index is 998. The molecule has 142 valence electrons. The summed E-state index contributed by atoms with van der Waals surface area (Å²) in [6.45, 7) is 1.68. The molecule has 1 atom stereocenters. The Morgan fingerprint density at radius 3 is 2.39 bits per heavy atom. The van der Waals surface area contributed by atoms with Gasteiger partial charge in [-0.2, -0.15) is 0 Å². The Hall–Kier alpha value is -3.14. The van der Waals surface area contributed by atoms with Crippen molar-refractivity contribution < 1.29 is 13.6 Å². The normalized spacial score (nSPS) is 11.8. The van der Waals surface area contributed by atoms with Gasteiger partial charge in [0.25, 0.3) is 0 Å². The van der Waals surface area contributed by atoms with E-state index in [1.54, 1.807) is 31.2 Å². The first-order chi connectivity index (χ1) is 13.5. The van der Waals surface area contributed by atoms with Crippen LogP contribution >= 0.6 is 0 Å². The fourth-order valence-corrected chi connectivity index (χ4v) is 3.15. The summed E-state index contributed by atoms with van der Waals surface area (Å²) in [4.78, 5) is 12.6. The van der Waals surface area contributed by atoms with E-state index in [1.165, 1.54) is 18.2 Å². The van der Waals surface area contributed by atoms with Gasteiger partial charge < -0.3 is 5.41 Å². The molecule has 0 amide bonds. The van der Waals surface area contributed by atoms with Crippen LogP contribution in [0, 0.1) is 17.0 Å². The molecule has 0 saturated heterocycles. The van der Waals surface area contributed by atoms with Crippen LogP contribution in [0.15, 0.2) is 72.8 Å². The van der Waals surface area contributed by atoms with Crippen LogP contribution in [0.1, 0.15) is 30.4 Å². The third kappa shape index (κ3) is 4.58. The fourth-order valence-electron chi connectivity index (χ4n) is 3.15. The van der Waals surface area contributed by atoms with Crippen LogP contribution in [0.25, 0.3) is 11.1 Å². The Morgan fingerprint density at radius 1 is 0.964 bits per heavy atom. The molecular weight excluding hydrogens is 356 g/mol. The van der Waals surface area contributed by atoms with E-state index in [-0.39, 0.29) is 23.7 Å². The molecular formula is C24H21F2NO. The van der Waals surface area contributed by atoms with E-state index < -0.39 is 11.7 Å². The molecule has 0 fully saturated rings. The molecule has 4 heteroatoms. The zero-order valence-electron chi connectivity index (χ0n) is 15.6. The zero-order valence-corrected chi connectivity index (χ0v) is 15.6. The lowest BCUT2D eigenvalue weighted by Gasteiger charge is -2.13. The molecule has 3 aromatic rings. The van der Waals surface area contributed by atoms with Crippen LogP contribution in [0.5, 0.6) is 0 Å². The zero-order chi connectivity index (χ0) is 20.1. The molecule has 0 saturated carbocycles. The number of aryl methyl sites for hydroxylation is 1. The highest BCUT2D eigenvalue weighted by Gasteiger charge is 2.21. The first-order valence-corrected chi connectivity index (χ1v) is 9.16. The SMILES string of the molecule is C[C@@H](C(=O)C(=N)CCc1cccc(F)c1)c1ccc(-c2ccccc2)c(F)c1. The number of ketones is 1. The standard InChI is InChI=1S/C24H21F2NO/c1-16(24(28)23(27)13-10-17-6-5-9-20(25)14-17)19-11-12-21(22(26)15-19)18-7-3-2-4-8-18/h2-9,11-12,14-16,27H,10,13H2,1H3/t16-/m1/s1. The summed E-state index contributed by atoms with van der Waals surface area (Å²) in [7, 11) is 0. The van der Waals surface area contributed by atoms with Crippen molar-refractivity contribution in [3.63, 3.8) is 0 Å². The van der Waals surface area contributed by atoms with Crippen molar-refractivity contribution in [2.75, 3.05) is 0 Å². The van der Waals surface area contributed by atoms with E-state index in [4.69, 9.17) is 5.41 Å². The monoisotopic (exact) mass is 377 g/mol. The van der Waals surface area contributed by atoms with Crippen LogP contribution in [-0.4, -0.2) is 11.5 Å². The second-order valence-corrected chi connectivity index (χ2v) is 6.80. The van der Waals surface area contributed by atoms with Crippen molar-refractivity contribution >= 4 is 11.5 Å². The lowest BCUT2D eigenvalue weighted by Crippen LogP contribution is -2.20. The van der Waals surface area contributed by atoms with Crippen LogP contribution in [-0.2, 0) is 11.2 Å². The summed E-state index contributed by atoms with van der Waals surface area (Å²) >= 11 is 0. The molecule has 0 bridgehead atoms. The number of carbonyl (C=O) groups excluding carboxylic acids is 1. The van der Waals surface area contributed by atoms with Gasteiger partial charge in [-0.15, -0.1) is 0 Å². The first-order valence-electron chi connectivity index (χ1n) is 9.16. The van der Waals surface area contributed by atoms with Gasteiger partial charge in [0.05, 0.1) is 5.71 Å². The molecule has 1 N–H and O–H groups in total. The molecule has 0 spiro atoms. The lowest BCUT2D eigenvalue weighted by atomic mass is 9.90. The molecule has 0 aliphatic heterocycles. The van der Waals surface area contributed by atoms with E-state index in [9.17, 15) is 13.6 Å². The molecule has 0 aliphatic carbocycles. The molecule has 2 nitrogen and oxygen atoms in total. The van der Waals surface area contributed by atoms with Gasteiger partial charge in [0, 0.05) is 11.5 Å². The Labute approximate surface area is 163 Å². The van der Waals surface area contributed by atoms with Crippen molar-refractivity contribution in [3.05, 3.63) is 95.6 Å². The second-order valence-electron chi connectivity index (χ2n) is 6.80. The van der Waals surface area contributed by atoms with Gasteiger partial charge in [-0.05, 0) is 47.7 Å². The minimum Gasteiger partial charge on any atom is -0.302 e. The van der Waals surface area contributed by atoms with Crippen LogP contribution in [0.4, 0.5) is 8.78 Å². The number of nitrogens with one attached hydrogen (secondary N) is 1. The Morgan fingerprint density at radius 2 is 1.71 bits per heavy atom. The third-order valence-electron chi connectivity index (χ3n) is 4.82. The van der Waals surface area contributed by atoms with Crippen molar-refractivity contribution in [1.82, 2.24) is 0 Å². The lowest BCUT2D eigenvalue weighted by molar-refractivity contribution is -0.114. The van der Waals surface area contributed by atoms with Crippen molar-refractivity contribution in [2.24, 2.45) is 0 Å². The minimum absolute atomic E-state index is 0.0377. The summed E-state index contributed by atoms with van der Waals surface area (Å²) < 4.78 is 27.8. The van der Waals surface area contributed by atoms with Crippen molar-refractivity contribution in [3.8, 4) is 11.1 Å². The maximum Gasteiger partial charge on any atom is 0.183 e. The summed E-state index contributed by atoms with van der Waals surface area (Å²) in [5.41, 5.74) is 2.49. The average molecular weight is 377 g/mol. The topological polar surface area (TPSA) is 40.9 Å². The summed E-state index contributed by atoms with van der Waals surface area (Å²) in [6.07, 6.45) is 0.633. The van der Waals surface area contributed by atoms with Gasteiger partial charge in [-0.25, -0.2) is 8.78 Å². The molecule has 0 radical (unpaired) electrons. The molecule has 28 heavy (non-hydrogen) atoms. The van der Waals surface area contributed by atoms with E-state index in [0.29, 0.717) is 17.5 Å². The number of carbonyl (C=O) groups is 1. The van der Waals surface area contributed by atoms with Crippen LogP contribution < -0.4 is 0 Å². The largest absolute Gasteiger partial charge is 0.302 e. The van der Waals surface area contributed by atoms with E-state index in [1.807, 2.05) is 30.3 Å². The molecule has 0 aliphatic rings. The number of hydrogen-bond acceptors (Lipinski definition) is 2. The number of halogens is 2. The quantitative estimate of drug-likeness (QED) is 0.507. The summed E-state index contributed by atoms with van der Waals surface area (Å²) in [5.74, 6) is -1.69. The van der Waals surface area contributed by atoms with Gasteiger partial charge >= 0.3 is 0 Å². The number of rotatable bonds is 7. The number of Topliss-reactive ketones (excluding diaryl/α,β-unsaturated/α-hetero) is 1. The Balaban J connectivity index is 1.68. The molecule has 0 unspecified atom stereocenters. The minimum atomic E-state index is -0.612. The van der Waals surface area contributed by atoms with Crippen LogP contribution in [0.2, 0.25) is 0 Å². The van der Waals surface area contributed by atoms with E-state index in [2.05, 4.69) is 0 Å². The predicted octanol–water partition coefficient (Wildman–Crippen LogP) is 5.96. The maximum atomic E-state index is 14.6. The van der Waals surface area contributed by atoms with E-state index in [0.717, 1.165) is 11.1 Å².